The van der Waals surface area contributed by atoms with E-state index in [0.29, 0.717) is 23.4 Å². The van der Waals surface area contributed by atoms with Crippen LogP contribution in [0.1, 0.15) is 61.9 Å². The molecule has 9 nitrogen and oxygen atoms in total. The monoisotopic (exact) mass is 617 g/mol. The van der Waals surface area contributed by atoms with Gasteiger partial charge < -0.3 is 9.30 Å². The molecule has 1 aliphatic carbocycles. The maximum atomic E-state index is 17.1. The van der Waals surface area contributed by atoms with Crippen LogP contribution in [0.3, 0.4) is 0 Å². The van der Waals surface area contributed by atoms with Crippen LogP contribution in [-0.4, -0.2) is 46.6 Å². The molecule has 0 radical (unpaired) electrons. The van der Waals surface area contributed by atoms with Crippen molar-refractivity contribution < 1.29 is 26.3 Å². The molecule has 1 aromatic carbocycles. The number of methoxy groups -OCH3 is 1. The first-order valence-electron chi connectivity index (χ1n) is 14.2. The number of halogens is 3. The molecule has 0 amide bonds. The van der Waals surface area contributed by atoms with Crippen LogP contribution in [-0.2, 0) is 27.9 Å². The third kappa shape index (κ3) is 5.92. The van der Waals surface area contributed by atoms with Crippen LogP contribution in [0.25, 0.3) is 0 Å². The van der Waals surface area contributed by atoms with E-state index in [9.17, 15) is 22.0 Å². The van der Waals surface area contributed by atoms with E-state index < -0.39 is 45.4 Å². The second-order valence-electron chi connectivity index (χ2n) is 11.0. The first-order chi connectivity index (χ1) is 20.5. The van der Waals surface area contributed by atoms with Crippen molar-refractivity contribution in [1.29, 1.82) is 0 Å². The quantitative estimate of drug-likeness (QED) is 0.380. The Morgan fingerprint density at radius 3 is 2.56 bits per heavy atom. The molecular weight excluding hydrogens is 583 g/mol. The maximum Gasteiger partial charge on any atom is 0.304 e. The van der Waals surface area contributed by atoms with Crippen LogP contribution >= 0.6 is 0 Å². The van der Waals surface area contributed by atoms with Crippen molar-refractivity contribution in [3.8, 4) is 0 Å². The highest BCUT2D eigenvalue weighted by molar-refractivity contribution is 7.90. The summed E-state index contributed by atoms with van der Waals surface area (Å²) in [6.07, 6.45) is 5.51. The molecule has 3 heterocycles. The number of alkyl halides is 1. The van der Waals surface area contributed by atoms with Gasteiger partial charge in [-0.3, -0.25) is 4.79 Å². The number of pyridine rings is 1. The highest BCUT2D eigenvalue weighted by Crippen LogP contribution is 2.50. The summed E-state index contributed by atoms with van der Waals surface area (Å²) in [7, 11) is -2.56. The Bertz CT molecular complexity index is 1680. The van der Waals surface area contributed by atoms with Crippen molar-refractivity contribution in [1.82, 2.24) is 18.8 Å². The van der Waals surface area contributed by atoms with Gasteiger partial charge in [0.25, 0.3) is 5.56 Å². The van der Waals surface area contributed by atoms with E-state index in [1.165, 1.54) is 35.9 Å². The summed E-state index contributed by atoms with van der Waals surface area (Å²) in [5.41, 5.74) is -0.658. The van der Waals surface area contributed by atoms with Gasteiger partial charge in [0.15, 0.2) is 11.6 Å². The van der Waals surface area contributed by atoms with Crippen molar-refractivity contribution in [3.05, 3.63) is 99.4 Å². The highest BCUT2D eigenvalue weighted by Gasteiger charge is 2.48. The van der Waals surface area contributed by atoms with Crippen LogP contribution in [0.15, 0.2) is 65.4 Å². The van der Waals surface area contributed by atoms with Gasteiger partial charge in [-0.15, -0.1) is 0 Å². The summed E-state index contributed by atoms with van der Waals surface area (Å²) >= 11 is 0. The predicted molar refractivity (Wildman–Crippen MR) is 155 cm³/mol. The van der Waals surface area contributed by atoms with E-state index in [2.05, 4.69) is 14.7 Å². The number of fused-ring (bicyclic) bond motifs is 1. The number of ether oxygens (including phenoxy) is 1. The number of rotatable bonds is 8. The number of benzene rings is 1. The number of allylic oxidation sites excluding steroid dienone is 2. The normalized spacial score (nSPS) is 24.5. The lowest BCUT2D eigenvalue weighted by atomic mass is 9.73. The van der Waals surface area contributed by atoms with Gasteiger partial charge in [0.05, 0.1) is 13.2 Å². The lowest BCUT2D eigenvalue weighted by Crippen LogP contribution is -2.43. The molecule has 13 heteroatoms. The van der Waals surface area contributed by atoms with E-state index in [0.717, 1.165) is 12.1 Å². The third-order valence-electron chi connectivity index (χ3n) is 8.45. The zero-order chi connectivity index (χ0) is 30.9. The van der Waals surface area contributed by atoms with Gasteiger partial charge in [-0.2, -0.15) is 12.7 Å². The van der Waals surface area contributed by atoms with Gasteiger partial charge in [0.1, 0.15) is 11.4 Å². The zero-order valence-electron chi connectivity index (χ0n) is 24.1. The minimum Gasteiger partial charge on any atom is -0.499 e. The maximum absolute atomic E-state index is 17.1. The Labute approximate surface area is 248 Å². The lowest BCUT2D eigenvalue weighted by molar-refractivity contribution is 0.0549. The summed E-state index contributed by atoms with van der Waals surface area (Å²) in [5, 5.41) is 0. The molecule has 0 bridgehead atoms. The Morgan fingerprint density at radius 2 is 1.88 bits per heavy atom. The second kappa shape index (κ2) is 12.1. The first kappa shape index (κ1) is 30.7. The SMILES string of the molecule is CCCC1(F)C(C)C[C@@H](n2c3c(ccc2=O)CN(S(=O)(=O)Nc2ncccn2)CC3)C(OC)=C[C@H]1c1ccc(F)c(F)c1. The minimum atomic E-state index is -4.00. The molecule has 0 saturated carbocycles. The fourth-order valence-corrected chi connectivity index (χ4v) is 7.41. The molecule has 0 saturated heterocycles. The molecule has 0 fully saturated rings. The molecule has 3 aromatic rings. The average molecular weight is 618 g/mol. The summed E-state index contributed by atoms with van der Waals surface area (Å²) in [5.74, 6) is -3.40. The van der Waals surface area contributed by atoms with E-state index in [-0.39, 0.29) is 49.4 Å². The van der Waals surface area contributed by atoms with Crippen LogP contribution < -0.4 is 10.3 Å². The fourth-order valence-electron chi connectivity index (χ4n) is 6.31. The van der Waals surface area contributed by atoms with Gasteiger partial charge in [-0.25, -0.2) is 27.9 Å². The molecule has 4 atom stereocenters. The lowest BCUT2D eigenvalue weighted by Gasteiger charge is -2.37. The Hall–Kier alpha value is -3.71. The second-order valence-corrected chi connectivity index (χ2v) is 12.7. The fraction of sp³-hybridized carbons (Fsp3) is 0.433. The largest absolute Gasteiger partial charge is 0.499 e. The van der Waals surface area contributed by atoms with Crippen LogP contribution in [0.4, 0.5) is 19.1 Å². The van der Waals surface area contributed by atoms with Gasteiger partial charge >= 0.3 is 10.2 Å². The molecule has 43 heavy (non-hydrogen) atoms. The van der Waals surface area contributed by atoms with Gasteiger partial charge in [0, 0.05) is 49.6 Å². The molecule has 2 aliphatic rings. The van der Waals surface area contributed by atoms with Crippen molar-refractivity contribution >= 4 is 16.2 Å². The standard InChI is InChI=1S/C30H34F3N5O4S/c1-4-11-30(33)19(2)15-26(27(42-3)17-22(30)20-6-8-23(31)24(32)16-20)38-25-10-14-37(18-21(25)7-9-28(38)39)43(40,41)36-29-34-12-5-13-35-29/h5-9,12-13,16-17,19,22,26H,4,10-11,14-15,18H2,1-3H3,(H,34,35,36)/t19?,22-,26+,30?/m0/s1. The molecule has 2 unspecified atom stereocenters. The molecule has 0 spiro atoms. The van der Waals surface area contributed by atoms with Crippen molar-refractivity contribution in [2.75, 3.05) is 18.4 Å². The molecule has 1 aliphatic heterocycles. The predicted octanol–water partition coefficient (Wildman–Crippen LogP) is 5.03. The van der Waals surface area contributed by atoms with Crippen molar-refractivity contribution in [3.63, 3.8) is 0 Å². The van der Waals surface area contributed by atoms with E-state index in [1.807, 2.05) is 6.92 Å². The average Bonchev–Trinajstić information content (AvgIpc) is 3.08. The van der Waals surface area contributed by atoms with Crippen molar-refractivity contribution in [2.45, 2.75) is 63.7 Å². The summed E-state index contributed by atoms with van der Waals surface area (Å²) in [6.45, 7) is 3.68. The minimum absolute atomic E-state index is 0.00749. The molecule has 1 N–H and O–H groups in total. The topological polar surface area (TPSA) is 106 Å². The number of nitrogens with one attached hydrogen (secondary N) is 1. The number of hydrogen-bond donors (Lipinski definition) is 1. The van der Waals surface area contributed by atoms with E-state index in [4.69, 9.17) is 4.74 Å². The third-order valence-corrected chi connectivity index (χ3v) is 9.88. The summed E-state index contributed by atoms with van der Waals surface area (Å²) < 4.78 is 82.4. The Balaban J connectivity index is 1.55. The highest BCUT2D eigenvalue weighted by atomic mass is 32.2. The van der Waals surface area contributed by atoms with Crippen LogP contribution in [0.2, 0.25) is 0 Å². The van der Waals surface area contributed by atoms with E-state index >= 15 is 4.39 Å². The molecule has 5 rings (SSSR count). The number of aromatic nitrogens is 3. The Kier molecular flexibility index (Phi) is 8.66. The molecule has 2 aromatic heterocycles. The molecule has 230 valence electrons. The first-order valence-corrected chi connectivity index (χ1v) is 15.6. The van der Waals surface area contributed by atoms with Gasteiger partial charge in [-0.1, -0.05) is 32.4 Å². The Morgan fingerprint density at radius 1 is 1.14 bits per heavy atom. The van der Waals surface area contributed by atoms with Crippen molar-refractivity contribution in [2.24, 2.45) is 5.92 Å². The smallest absolute Gasteiger partial charge is 0.304 e. The zero-order valence-corrected chi connectivity index (χ0v) is 25.0. The van der Waals surface area contributed by atoms with Crippen LogP contribution in [0, 0.1) is 17.6 Å². The van der Waals surface area contributed by atoms with Gasteiger partial charge in [-0.05, 0) is 54.2 Å². The number of nitrogens with zero attached hydrogens (tertiary/aromatic N) is 4. The van der Waals surface area contributed by atoms with Crippen LogP contribution in [0.5, 0.6) is 0 Å². The van der Waals surface area contributed by atoms with E-state index in [1.54, 1.807) is 29.7 Å². The number of hydrogen-bond acceptors (Lipinski definition) is 6. The molecular formula is C30H34F3N5O4S. The number of anilines is 1. The summed E-state index contributed by atoms with van der Waals surface area (Å²) in [6, 6.07) is 7.22. The summed E-state index contributed by atoms with van der Waals surface area (Å²) in [4.78, 5) is 21.3. The van der Waals surface area contributed by atoms with Gasteiger partial charge in [0.2, 0.25) is 5.95 Å².